The quantitative estimate of drug-likeness (QED) is 0.741. The summed E-state index contributed by atoms with van der Waals surface area (Å²) in [6.07, 6.45) is 0.595. The van der Waals surface area contributed by atoms with Crippen molar-refractivity contribution in [2.75, 3.05) is 39.3 Å². The smallest absolute Gasteiger partial charge is 0.370 e. The number of carbonyl (C=O) groups is 1. The highest BCUT2D eigenvalue weighted by atomic mass is 19.4. The highest BCUT2D eigenvalue weighted by Crippen LogP contribution is 2.37. The summed E-state index contributed by atoms with van der Waals surface area (Å²) in [5.41, 5.74) is 1.79. The number of halogens is 3. The lowest BCUT2D eigenvalue weighted by Crippen LogP contribution is -2.52. The average molecular weight is 419 g/mol. The van der Waals surface area contributed by atoms with Crippen LogP contribution in [-0.2, 0) is 0 Å². The highest BCUT2D eigenvalue weighted by Gasteiger charge is 2.39. The molecule has 2 fully saturated rings. The molecule has 0 radical (unpaired) electrons. The second-order valence-electron chi connectivity index (χ2n) is 8.39. The van der Waals surface area contributed by atoms with E-state index in [1.165, 1.54) is 0 Å². The number of amides is 1. The van der Waals surface area contributed by atoms with Crippen molar-refractivity contribution in [1.82, 2.24) is 14.7 Å². The van der Waals surface area contributed by atoms with Gasteiger partial charge in [0.15, 0.2) is 0 Å². The van der Waals surface area contributed by atoms with Crippen LogP contribution in [0, 0.1) is 6.92 Å². The molecule has 1 amide bonds. The van der Waals surface area contributed by atoms with Crippen molar-refractivity contribution in [3.63, 3.8) is 0 Å². The van der Waals surface area contributed by atoms with E-state index < -0.39 is 6.18 Å². The molecule has 4 rings (SSSR count). The average Bonchev–Trinajstić information content (AvgIpc) is 3.23. The van der Waals surface area contributed by atoms with Gasteiger partial charge in [-0.05, 0) is 44.4 Å². The number of nitrogens with zero attached hydrogens (tertiary/aromatic N) is 3. The van der Waals surface area contributed by atoms with Gasteiger partial charge < -0.3 is 9.80 Å². The van der Waals surface area contributed by atoms with E-state index in [1.54, 1.807) is 6.08 Å². The fourth-order valence-corrected chi connectivity index (χ4v) is 4.66. The lowest BCUT2D eigenvalue weighted by atomic mass is 10.0. The normalized spacial score (nSPS) is 23.4. The molecule has 1 aromatic rings. The molecule has 30 heavy (non-hydrogen) atoms. The topological polar surface area (TPSA) is 26.8 Å². The van der Waals surface area contributed by atoms with Crippen molar-refractivity contribution in [2.45, 2.75) is 38.4 Å². The number of allylic oxidation sites excluding steroid dienone is 3. The predicted molar refractivity (Wildman–Crippen MR) is 110 cm³/mol. The largest absolute Gasteiger partial charge is 0.414 e. The number of aryl methyl sites for hydroxylation is 1. The van der Waals surface area contributed by atoms with Crippen LogP contribution in [0.1, 0.15) is 35.2 Å². The van der Waals surface area contributed by atoms with Gasteiger partial charge in [-0.3, -0.25) is 9.69 Å². The van der Waals surface area contributed by atoms with E-state index in [4.69, 9.17) is 0 Å². The van der Waals surface area contributed by atoms with Crippen LogP contribution in [0.15, 0.2) is 47.7 Å². The second kappa shape index (κ2) is 8.46. The number of hydrogen-bond donors (Lipinski definition) is 0. The third-order valence-electron chi connectivity index (χ3n) is 6.41. The van der Waals surface area contributed by atoms with Gasteiger partial charge in [0.25, 0.3) is 5.91 Å². The fraction of sp³-hybridized carbons (Fsp3) is 0.522. The molecule has 2 aliphatic heterocycles. The predicted octanol–water partition coefficient (Wildman–Crippen LogP) is 3.99. The zero-order valence-corrected chi connectivity index (χ0v) is 17.3. The first kappa shape index (κ1) is 21.0. The molecule has 162 valence electrons. The highest BCUT2D eigenvalue weighted by molar-refractivity contribution is 5.94. The van der Waals surface area contributed by atoms with Crippen molar-refractivity contribution in [2.24, 2.45) is 0 Å². The molecule has 3 aliphatic rings. The van der Waals surface area contributed by atoms with E-state index in [0.29, 0.717) is 43.9 Å². The van der Waals surface area contributed by atoms with E-state index >= 15 is 0 Å². The van der Waals surface area contributed by atoms with Gasteiger partial charge in [0.05, 0.1) is 5.57 Å². The number of piperazine rings is 1. The first-order chi connectivity index (χ1) is 14.3. The Morgan fingerprint density at radius 3 is 2.40 bits per heavy atom. The number of rotatable bonds is 3. The molecule has 1 aliphatic carbocycles. The molecule has 2 saturated heterocycles. The minimum Gasteiger partial charge on any atom is -0.370 e. The van der Waals surface area contributed by atoms with E-state index in [2.05, 4.69) is 4.90 Å². The van der Waals surface area contributed by atoms with Gasteiger partial charge in [0.1, 0.15) is 0 Å². The van der Waals surface area contributed by atoms with Gasteiger partial charge in [-0.15, -0.1) is 0 Å². The number of likely N-dealkylation sites (tertiary alicyclic amines) is 1. The minimum absolute atomic E-state index is 0.0509. The summed E-state index contributed by atoms with van der Waals surface area (Å²) in [6, 6.07) is 7.85. The maximum absolute atomic E-state index is 13.4. The summed E-state index contributed by atoms with van der Waals surface area (Å²) in [5.74, 6) is 0.0509. The Bertz CT molecular complexity index is 836. The van der Waals surface area contributed by atoms with Crippen LogP contribution in [0.2, 0.25) is 0 Å². The monoisotopic (exact) mass is 419 g/mol. The Morgan fingerprint density at radius 1 is 1.03 bits per heavy atom. The zero-order valence-electron chi connectivity index (χ0n) is 17.3. The van der Waals surface area contributed by atoms with Crippen LogP contribution < -0.4 is 0 Å². The van der Waals surface area contributed by atoms with Crippen molar-refractivity contribution >= 4 is 5.91 Å². The van der Waals surface area contributed by atoms with Crippen LogP contribution in [0.5, 0.6) is 0 Å². The molecular formula is C23H28F3N3O. The Morgan fingerprint density at radius 2 is 1.73 bits per heavy atom. The molecule has 7 heteroatoms. The standard InChI is InChI=1S/C23H28F3N3O/c1-17-6-8-18(9-7-17)22(30)28-14-12-27(13-15-28)19-10-11-29(16-19)21-5-3-2-4-20(21)23(24,25)26/h3,5-9,19H,2,4,10-16H2,1H3. The van der Waals surface area contributed by atoms with E-state index in [9.17, 15) is 18.0 Å². The Kier molecular flexibility index (Phi) is 5.91. The van der Waals surface area contributed by atoms with Gasteiger partial charge in [-0.2, -0.15) is 13.2 Å². The molecule has 1 aromatic carbocycles. The summed E-state index contributed by atoms with van der Waals surface area (Å²) < 4.78 is 40.2. The lowest BCUT2D eigenvalue weighted by Gasteiger charge is -2.38. The van der Waals surface area contributed by atoms with Crippen LogP contribution in [-0.4, -0.2) is 72.1 Å². The van der Waals surface area contributed by atoms with Crippen molar-refractivity contribution < 1.29 is 18.0 Å². The third kappa shape index (κ3) is 4.41. The Hall–Kier alpha value is -2.28. The van der Waals surface area contributed by atoms with Crippen LogP contribution >= 0.6 is 0 Å². The first-order valence-corrected chi connectivity index (χ1v) is 10.6. The van der Waals surface area contributed by atoms with Crippen molar-refractivity contribution in [3.05, 3.63) is 58.8 Å². The molecule has 0 aromatic heterocycles. The second-order valence-corrected chi connectivity index (χ2v) is 8.39. The van der Waals surface area contributed by atoms with Crippen molar-refractivity contribution in [1.29, 1.82) is 0 Å². The molecule has 4 nitrogen and oxygen atoms in total. The Labute approximate surface area is 175 Å². The van der Waals surface area contributed by atoms with Crippen LogP contribution in [0.3, 0.4) is 0 Å². The first-order valence-electron chi connectivity index (χ1n) is 10.6. The molecular weight excluding hydrogens is 391 g/mol. The van der Waals surface area contributed by atoms with Crippen LogP contribution in [0.25, 0.3) is 0 Å². The molecule has 0 bridgehead atoms. The van der Waals surface area contributed by atoms with E-state index in [1.807, 2.05) is 47.1 Å². The number of benzene rings is 1. The molecule has 0 saturated carbocycles. The molecule has 0 spiro atoms. The third-order valence-corrected chi connectivity index (χ3v) is 6.41. The van der Waals surface area contributed by atoms with E-state index in [0.717, 1.165) is 25.1 Å². The maximum Gasteiger partial charge on any atom is 0.414 e. The van der Waals surface area contributed by atoms with Crippen molar-refractivity contribution in [3.8, 4) is 0 Å². The molecule has 2 heterocycles. The van der Waals surface area contributed by atoms with Gasteiger partial charge in [0, 0.05) is 56.6 Å². The SMILES string of the molecule is Cc1ccc(C(=O)N2CCN(C3CCN(C4=C(C(F)(F)F)CCC=C4)C3)CC2)cc1. The summed E-state index contributed by atoms with van der Waals surface area (Å²) in [7, 11) is 0. The number of hydrogen-bond acceptors (Lipinski definition) is 3. The van der Waals surface area contributed by atoms with Gasteiger partial charge in [-0.25, -0.2) is 0 Å². The fourth-order valence-electron chi connectivity index (χ4n) is 4.66. The van der Waals surface area contributed by atoms with Gasteiger partial charge in [0.2, 0.25) is 0 Å². The maximum atomic E-state index is 13.4. The lowest BCUT2D eigenvalue weighted by molar-refractivity contribution is -0.0959. The summed E-state index contributed by atoms with van der Waals surface area (Å²) in [4.78, 5) is 18.8. The Balaban J connectivity index is 1.35. The van der Waals surface area contributed by atoms with Gasteiger partial charge in [-0.1, -0.05) is 23.8 Å². The summed E-state index contributed by atoms with van der Waals surface area (Å²) >= 11 is 0. The van der Waals surface area contributed by atoms with E-state index in [-0.39, 0.29) is 23.9 Å². The molecule has 1 unspecified atom stereocenters. The number of carbonyl (C=O) groups excluding carboxylic acids is 1. The molecule has 1 atom stereocenters. The van der Waals surface area contributed by atoms with Crippen LogP contribution in [0.4, 0.5) is 13.2 Å². The zero-order chi connectivity index (χ0) is 21.3. The summed E-state index contributed by atoms with van der Waals surface area (Å²) in [6.45, 7) is 6.08. The van der Waals surface area contributed by atoms with Gasteiger partial charge >= 0.3 is 6.18 Å². The summed E-state index contributed by atoms with van der Waals surface area (Å²) in [5, 5.41) is 0. The number of alkyl halides is 3. The minimum atomic E-state index is -4.26. The molecule has 0 N–H and O–H groups in total.